The Bertz CT molecular complexity index is 365. The summed E-state index contributed by atoms with van der Waals surface area (Å²) in [4.78, 5) is 3.24. The van der Waals surface area contributed by atoms with Crippen molar-refractivity contribution >= 4 is 23.5 Å². The fourth-order valence-electron chi connectivity index (χ4n) is 1.42. The number of aryl methyl sites for hydroxylation is 1. The summed E-state index contributed by atoms with van der Waals surface area (Å²) in [7, 11) is 0. The highest BCUT2D eigenvalue weighted by molar-refractivity contribution is 7.79. The second-order valence-corrected chi connectivity index (χ2v) is 2.71. The van der Waals surface area contributed by atoms with Crippen LogP contribution in [0.5, 0.6) is 0 Å². The van der Waals surface area contributed by atoms with Gasteiger partial charge in [0.2, 0.25) is 0 Å². The van der Waals surface area contributed by atoms with Crippen molar-refractivity contribution in [2.75, 3.05) is 6.26 Å². The van der Waals surface area contributed by atoms with E-state index in [-0.39, 0.29) is 0 Å². The highest BCUT2D eigenvalue weighted by atomic mass is 32.1. The van der Waals surface area contributed by atoms with Gasteiger partial charge in [0.25, 0.3) is 0 Å². The molecule has 0 radical (unpaired) electrons. The Morgan fingerprint density at radius 1 is 1.23 bits per heavy atom. The molecule has 0 saturated heterocycles. The number of hydrogen-bond acceptors (Lipinski definition) is 1. The molecule has 1 heterocycles. The van der Waals surface area contributed by atoms with Crippen LogP contribution in [0.2, 0.25) is 0 Å². The second-order valence-electron chi connectivity index (χ2n) is 2.71. The molecule has 0 unspecified atom stereocenters. The van der Waals surface area contributed by atoms with Crippen LogP contribution in [0.15, 0.2) is 30.5 Å². The summed E-state index contributed by atoms with van der Waals surface area (Å²) >= 11 is 3.53. The van der Waals surface area contributed by atoms with Gasteiger partial charge in [-0.25, -0.2) is 0 Å². The van der Waals surface area contributed by atoms with Gasteiger partial charge < -0.3 is 4.98 Å². The van der Waals surface area contributed by atoms with Gasteiger partial charge in [-0.3, -0.25) is 0 Å². The summed E-state index contributed by atoms with van der Waals surface area (Å²) in [5.74, 6) is 0. The molecule has 0 spiro atoms. The first-order valence-electron chi connectivity index (χ1n) is 4.41. The minimum absolute atomic E-state index is 1.10. The van der Waals surface area contributed by atoms with E-state index in [4.69, 9.17) is 0 Å². The number of H-pyrrole nitrogens is 1. The van der Waals surface area contributed by atoms with E-state index in [1.807, 2.05) is 0 Å². The maximum Gasteiger partial charge on any atom is 0.0456 e. The third-order valence-electron chi connectivity index (χ3n) is 2.06. The third-order valence-corrected chi connectivity index (χ3v) is 2.06. The average Bonchev–Trinajstić information content (AvgIpc) is 2.64. The smallest absolute Gasteiger partial charge is 0.0456 e. The van der Waals surface area contributed by atoms with Crippen LogP contribution in [0.1, 0.15) is 12.5 Å². The van der Waals surface area contributed by atoms with Crippen LogP contribution < -0.4 is 0 Å². The van der Waals surface area contributed by atoms with Gasteiger partial charge in [-0.15, -0.1) is 0 Å². The summed E-state index contributed by atoms with van der Waals surface area (Å²) in [6.07, 6.45) is 4.88. The average molecular weight is 193 g/mol. The van der Waals surface area contributed by atoms with Crippen LogP contribution in [0.25, 0.3) is 10.9 Å². The largest absolute Gasteiger partial charge is 0.361 e. The highest BCUT2D eigenvalue weighted by Crippen LogP contribution is 2.17. The lowest BCUT2D eigenvalue weighted by molar-refractivity contribution is 1.15. The van der Waals surface area contributed by atoms with Gasteiger partial charge in [0.1, 0.15) is 0 Å². The van der Waals surface area contributed by atoms with Gasteiger partial charge in [-0.2, -0.15) is 12.6 Å². The molecule has 13 heavy (non-hydrogen) atoms. The molecule has 2 aromatic rings. The minimum Gasteiger partial charge on any atom is -0.361 e. The molecule has 1 aromatic carbocycles. The molecule has 2 rings (SSSR count). The summed E-state index contributed by atoms with van der Waals surface area (Å²) in [5.41, 5.74) is 2.64. The zero-order valence-electron chi connectivity index (χ0n) is 8.04. The molecule has 0 fully saturated rings. The minimum atomic E-state index is 1.10. The Labute approximate surface area is 84.6 Å². The van der Waals surface area contributed by atoms with Crippen molar-refractivity contribution in [1.29, 1.82) is 0 Å². The lowest BCUT2D eigenvalue weighted by Crippen LogP contribution is -1.72. The van der Waals surface area contributed by atoms with Crippen molar-refractivity contribution in [3.63, 3.8) is 0 Å². The Balaban J connectivity index is 0.000000396. The molecule has 0 bridgehead atoms. The van der Waals surface area contributed by atoms with E-state index < -0.39 is 0 Å². The maximum absolute atomic E-state index is 3.53. The van der Waals surface area contributed by atoms with Crippen molar-refractivity contribution in [2.24, 2.45) is 0 Å². The molecular formula is C11H15NS. The fraction of sp³-hybridized carbons (Fsp3) is 0.273. The highest BCUT2D eigenvalue weighted by Gasteiger charge is 1.97. The van der Waals surface area contributed by atoms with Gasteiger partial charge in [-0.1, -0.05) is 25.1 Å². The number of thiol groups is 1. The molecule has 70 valence electrons. The monoisotopic (exact) mass is 193 g/mol. The maximum atomic E-state index is 3.53. The number of aromatic amines is 1. The lowest BCUT2D eigenvalue weighted by atomic mass is 10.1. The van der Waals surface area contributed by atoms with Crippen molar-refractivity contribution < 1.29 is 0 Å². The molecule has 1 nitrogen and oxygen atoms in total. The summed E-state index contributed by atoms with van der Waals surface area (Å²) < 4.78 is 0. The van der Waals surface area contributed by atoms with Crippen LogP contribution in [-0.4, -0.2) is 11.2 Å². The molecule has 0 saturated carbocycles. The van der Waals surface area contributed by atoms with Gasteiger partial charge in [-0.05, 0) is 24.3 Å². The number of para-hydroxylation sites is 1. The summed E-state index contributed by atoms with van der Waals surface area (Å²) in [5, 5.41) is 1.36. The topological polar surface area (TPSA) is 15.8 Å². The Kier molecular flexibility index (Phi) is 3.90. The molecule has 0 aliphatic rings. The number of fused-ring (bicyclic) bond motifs is 1. The number of benzene rings is 1. The Morgan fingerprint density at radius 2 is 1.92 bits per heavy atom. The standard InChI is InChI=1S/C10H11N.CH4S/c1-2-8-7-11-10-6-4-3-5-9(8)10;1-2/h3-7,11H,2H2,1H3;2H,1H3. The molecule has 0 aliphatic carbocycles. The van der Waals surface area contributed by atoms with E-state index in [0.29, 0.717) is 0 Å². The molecular weight excluding hydrogens is 178 g/mol. The van der Waals surface area contributed by atoms with Crippen LogP contribution in [-0.2, 0) is 6.42 Å². The first kappa shape index (κ1) is 10.2. The SMILES string of the molecule is CCc1c[nH]c2ccccc12.CS. The number of nitrogens with one attached hydrogen (secondary N) is 1. The molecule has 0 atom stereocenters. The number of rotatable bonds is 1. The van der Waals surface area contributed by atoms with E-state index in [9.17, 15) is 0 Å². The van der Waals surface area contributed by atoms with Crippen LogP contribution in [0.3, 0.4) is 0 Å². The van der Waals surface area contributed by atoms with E-state index in [2.05, 4.69) is 55.0 Å². The van der Waals surface area contributed by atoms with Crippen molar-refractivity contribution in [3.05, 3.63) is 36.0 Å². The lowest BCUT2D eigenvalue weighted by Gasteiger charge is -1.90. The quantitative estimate of drug-likeness (QED) is 0.647. The second kappa shape index (κ2) is 4.97. The fourth-order valence-corrected chi connectivity index (χ4v) is 1.42. The first-order chi connectivity index (χ1) is 6.42. The van der Waals surface area contributed by atoms with Crippen molar-refractivity contribution in [1.82, 2.24) is 4.98 Å². The van der Waals surface area contributed by atoms with Crippen molar-refractivity contribution in [3.8, 4) is 0 Å². The van der Waals surface area contributed by atoms with Gasteiger partial charge >= 0.3 is 0 Å². The van der Waals surface area contributed by atoms with Crippen LogP contribution in [0.4, 0.5) is 0 Å². The summed E-state index contributed by atoms with van der Waals surface area (Å²) in [6, 6.07) is 8.40. The molecule has 1 N–H and O–H groups in total. The summed E-state index contributed by atoms with van der Waals surface area (Å²) in [6.45, 7) is 2.18. The Morgan fingerprint density at radius 3 is 2.62 bits per heavy atom. The van der Waals surface area contributed by atoms with E-state index in [1.54, 1.807) is 6.26 Å². The van der Waals surface area contributed by atoms with Crippen LogP contribution >= 0.6 is 12.6 Å². The predicted molar refractivity (Wildman–Crippen MR) is 62.6 cm³/mol. The number of hydrogen-bond donors (Lipinski definition) is 2. The molecule has 1 aromatic heterocycles. The van der Waals surface area contributed by atoms with Gasteiger partial charge in [0.05, 0.1) is 0 Å². The van der Waals surface area contributed by atoms with Crippen molar-refractivity contribution in [2.45, 2.75) is 13.3 Å². The van der Waals surface area contributed by atoms with Crippen LogP contribution in [0, 0.1) is 0 Å². The number of aromatic nitrogens is 1. The zero-order chi connectivity index (χ0) is 9.68. The molecule has 0 aliphatic heterocycles. The first-order valence-corrected chi connectivity index (χ1v) is 5.31. The Hall–Kier alpha value is -0.890. The van der Waals surface area contributed by atoms with Gasteiger partial charge in [0, 0.05) is 17.1 Å². The molecule has 0 amide bonds. The zero-order valence-corrected chi connectivity index (χ0v) is 8.94. The third kappa shape index (κ3) is 2.07. The van der Waals surface area contributed by atoms with Gasteiger partial charge in [0.15, 0.2) is 0 Å². The normalized spacial score (nSPS) is 9.46. The predicted octanol–water partition coefficient (Wildman–Crippen LogP) is 3.28. The van der Waals surface area contributed by atoms with E-state index in [0.717, 1.165) is 6.42 Å². The van der Waals surface area contributed by atoms with E-state index >= 15 is 0 Å². The van der Waals surface area contributed by atoms with E-state index in [1.165, 1.54) is 16.5 Å². The molecule has 2 heteroatoms.